The van der Waals surface area contributed by atoms with Crippen LogP contribution in [0, 0.1) is 0 Å². The summed E-state index contributed by atoms with van der Waals surface area (Å²) >= 11 is 1.95. The first-order valence-corrected chi connectivity index (χ1v) is 9.38. The van der Waals surface area contributed by atoms with Gasteiger partial charge in [0.2, 0.25) is 0 Å². The van der Waals surface area contributed by atoms with Crippen molar-refractivity contribution in [3.05, 3.63) is 35.4 Å². The lowest BCUT2D eigenvalue weighted by Gasteiger charge is -2.29. The molecule has 1 saturated heterocycles. The van der Waals surface area contributed by atoms with Gasteiger partial charge in [-0.25, -0.2) is 4.79 Å². The molecule has 0 spiro atoms. The van der Waals surface area contributed by atoms with Crippen molar-refractivity contribution >= 4 is 17.8 Å². The lowest BCUT2D eigenvalue weighted by atomic mass is 10.00. The van der Waals surface area contributed by atoms with Crippen LogP contribution >= 0.6 is 11.8 Å². The zero-order valence-electron chi connectivity index (χ0n) is 13.1. The molecule has 22 heavy (non-hydrogen) atoms. The summed E-state index contributed by atoms with van der Waals surface area (Å²) in [5.41, 5.74) is 2.91. The average Bonchev–Trinajstić information content (AvgIpc) is 2.84. The van der Waals surface area contributed by atoms with Crippen LogP contribution in [-0.4, -0.2) is 60.1 Å². The Morgan fingerprint density at radius 2 is 2.00 bits per heavy atom. The molecule has 0 radical (unpaired) electrons. The van der Waals surface area contributed by atoms with Crippen molar-refractivity contribution in [3.63, 3.8) is 0 Å². The first-order valence-electron chi connectivity index (χ1n) is 8.22. The molecule has 0 bridgehead atoms. The molecule has 3 rings (SSSR count). The van der Waals surface area contributed by atoms with E-state index in [1.165, 1.54) is 16.9 Å². The number of nitrogens with zero attached hydrogens (tertiary/aromatic N) is 2. The van der Waals surface area contributed by atoms with Gasteiger partial charge in [-0.15, -0.1) is 0 Å². The van der Waals surface area contributed by atoms with Crippen molar-refractivity contribution in [2.24, 2.45) is 0 Å². The van der Waals surface area contributed by atoms with E-state index in [1.54, 1.807) is 0 Å². The van der Waals surface area contributed by atoms with Gasteiger partial charge in [0.05, 0.1) is 0 Å². The summed E-state index contributed by atoms with van der Waals surface area (Å²) in [6.07, 6.45) is 2.23. The second kappa shape index (κ2) is 7.88. The Hall–Kier alpha value is -1.20. The Balaban J connectivity index is 1.41. The first kappa shape index (κ1) is 15.7. The summed E-state index contributed by atoms with van der Waals surface area (Å²) in [6, 6.07) is 8.79. The molecule has 0 saturated carbocycles. The molecule has 1 N–H and O–H groups in total. The zero-order valence-corrected chi connectivity index (χ0v) is 13.9. The van der Waals surface area contributed by atoms with E-state index in [0.717, 1.165) is 57.9 Å². The van der Waals surface area contributed by atoms with Crippen LogP contribution in [0.5, 0.6) is 0 Å². The third-order valence-corrected chi connectivity index (χ3v) is 5.47. The molecule has 1 fully saturated rings. The van der Waals surface area contributed by atoms with E-state index in [0.29, 0.717) is 0 Å². The van der Waals surface area contributed by atoms with Crippen molar-refractivity contribution in [3.8, 4) is 0 Å². The maximum atomic E-state index is 12.2. The SMILES string of the molecule is O=C(NCCN1CCc2ccccc2C1)N1CCCSCC1. The third kappa shape index (κ3) is 4.17. The summed E-state index contributed by atoms with van der Waals surface area (Å²) < 4.78 is 0. The van der Waals surface area contributed by atoms with Crippen LogP contribution in [0.3, 0.4) is 0 Å². The molecule has 5 heteroatoms. The normalized spacial score (nSPS) is 19.4. The van der Waals surface area contributed by atoms with Crippen LogP contribution in [0.15, 0.2) is 24.3 Å². The van der Waals surface area contributed by atoms with Gasteiger partial charge in [-0.05, 0) is 29.7 Å². The topological polar surface area (TPSA) is 35.6 Å². The molecule has 120 valence electrons. The maximum absolute atomic E-state index is 12.2. The van der Waals surface area contributed by atoms with Gasteiger partial charge in [0.15, 0.2) is 0 Å². The second-order valence-corrected chi connectivity index (χ2v) is 7.20. The molecule has 0 aliphatic carbocycles. The molecule has 2 heterocycles. The zero-order chi connectivity index (χ0) is 15.2. The van der Waals surface area contributed by atoms with E-state index in [2.05, 4.69) is 34.5 Å². The molecule has 4 nitrogen and oxygen atoms in total. The smallest absolute Gasteiger partial charge is 0.317 e. The number of carbonyl (C=O) groups excluding carboxylic acids is 1. The second-order valence-electron chi connectivity index (χ2n) is 5.98. The summed E-state index contributed by atoms with van der Waals surface area (Å²) in [5.74, 6) is 2.24. The van der Waals surface area contributed by atoms with Crippen LogP contribution in [0.25, 0.3) is 0 Å². The molecule has 1 aromatic carbocycles. The van der Waals surface area contributed by atoms with E-state index in [4.69, 9.17) is 0 Å². The quantitative estimate of drug-likeness (QED) is 0.928. The van der Waals surface area contributed by atoms with Crippen LogP contribution in [0.2, 0.25) is 0 Å². The highest BCUT2D eigenvalue weighted by molar-refractivity contribution is 7.99. The Kier molecular flexibility index (Phi) is 5.62. The Bertz CT molecular complexity index is 500. The van der Waals surface area contributed by atoms with Gasteiger partial charge in [-0.2, -0.15) is 11.8 Å². The number of hydrogen-bond donors (Lipinski definition) is 1. The largest absolute Gasteiger partial charge is 0.337 e. The van der Waals surface area contributed by atoms with Crippen molar-refractivity contribution in [1.29, 1.82) is 0 Å². The molecular formula is C17H25N3OS. The maximum Gasteiger partial charge on any atom is 0.317 e. The fourth-order valence-electron chi connectivity index (χ4n) is 3.13. The molecule has 0 atom stereocenters. The Labute approximate surface area is 137 Å². The summed E-state index contributed by atoms with van der Waals surface area (Å²) in [7, 11) is 0. The number of hydrogen-bond acceptors (Lipinski definition) is 3. The summed E-state index contributed by atoms with van der Waals surface area (Å²) in [4.78, 5) is 16.6. The third-order valence-electron chi connectivity index (χ3n) is 4.42. The highest BCUT2D eigenvalue weighted by Crippen LogP contribution is 2.17. The van der Waals surface area contributed by atoms with Crippen LogP contribution in [0.1, 0.15) is 17.5 Å². The highest BCUT2D eigenvalue weighted by Gasteiger charge is 2.17. The minimum atomic E-state index is 0.111. The molecule has 1 aromatic rings. The van der Waals surface area contributed by atoms with E-state index in [1.807, 2.05) is 16.7 Å². The molecule has 0 aromatic heterocycles. The number of fused-ring (bicyclic) bond motifs is 1. The minimum Gasteiger partial charge on any atom is -0.337 e. The van der Waals surface area contributed by atoms with Gasteiger partial charge in [0, 0.05) is 45.0 Å². The lowest BCUT2D eigenvalue weighted by molar-refractivity contribution is 0.197. The van der Waals surface area contributed by atoms with Gasteiger partial charge in [0.25, 0.3) is 0 Å². The number of thioether (sulfide) groups is 1. The predicted octanol–water partition coefficient (Wildman–Crippen LogP) is 2.19. The Morgan fingerprint density at radius 1 is 1.14 bits per heavy atom. The number of amides is 2. The molecule has 2 aliphatic rings. The van der Waals surface area contributed by atoms with E-state index in [-0.39, 0.29) is 6.03 Å². The van der Waals surface area contributed by atoms with Crippen molar-refractivity contribution in [1.82, 2.24) is 15.1 Å². The molecular weight excluding hydrogens is 294 g/mol. The van der Waals surface area contributed by atoms with Crippen molar-refractivity contribution in [2.75, 3.05) is 44.2 Å². The molecule has 2 aliphatic heterocycles. The van der Waals surface area contributed by atoms with Gasteiger partial charge >= 0.3 is 6.03 Å². The number of nitrogens with one attached hydrogen (secondary N) is 1. The van der Waals surface area contributed by atoms with Crippen molar-refractivity contribution in [2.45, 2.75) is 19.4 Å². The minimum absolute atomic E-state index is 0.111. The molecule has 0 unspecified atom stereocenters. The monoisotopic (exact) mass is 319 g/mol. The van der Waals surface area contributed by atoms with Gasteiger partial charge in [-0.1, -0.05) is 24.3 Å². The van der Waals surface area contributed by atoms with E-state index in [9.17, 15) is 4.79 Å². The predicted molar refractivity (Wildman–Crippen MR) is 92.3 cm³/mol. The fourth-order valence-corrected chi connectivity index (χ4v) is 4.01. The first-order chi connectivity index (χ1) is 10.8. The van der Waals surface area contributed by atoms with Gasteiger partial charge in [-0.3, -0.25) is 4.90 Å². The highest BCUT2D eigenvalue weighted by atomic mass is 32.2. The standard InChI is InChI=1S/C17H25N3OS/c21-17(20-8-3-12-22-13-11-20)18-7-10-19-9-6-15-4-1-2-5-16(15)14-19/h1-2,4-5H,3,6-14H2,(H,18,21). The number of urea groups is 1. The summed E-state index contributed by atoms with van der Waals surface area (Å²) in [5, 5.41) is 3.09. The summed E-state index contributed by atoms with van der Waals surface area (Å²) in [6.45, 7) is 5.55. The number of benzene rings is 1. The average molecular weight is 319 g/mol. The van der Waals surface area contributed by atoms with Gasteiger partial charge < -0.3 is 10.2 Å². The molecule has 2 amide bonds. The number of carbonyl (C=O) groups is 1. The van der Waals surface area contributed by atoms with E-state index >= 15 is 0 Å². The Morgan fingerprint density at radius 3 is 2.91 bits per heavy atom. The van der Waals surface area contributed by atoms with E-state index < -0.39 is 0 Å². The fraction of sp³-hybridized carbons (Fsp3) is 0.588. The van der Waals surface area contributed by atoms with Gasteiger partial charge in [0.1, 0.15) is 0 Å². The van der Waals surface area contributed by atoms with Crippen LogP contribution in [0.4, 0.5) is 4.79 Å². The van der Waals surface area contributed by atoms with Crippen molar-refractivity contribution < 1.29 is 4.79 Å². The van der Waals surface area contributed by atoms with Crippen LogP contribution < -0.4 is 5.32 Å². The lowest BCUT2D eigenvalue weighted by Crippen LogP contribution is -2.44. The van der Waals surface area contributed by atoms with Crippen LogP contribution in [-0.2, 0) is 13.0 Å². The number of rotatable bonds is 3.